The molecule has 0 saturated carbocycles. The van der Waals surface area contributed by atoms with Gasteiger partial charge in [-0.15, -0.1) is 0 Å². The lowest BCUT2D eigenvalue weighted by molar-refractivity contribution is 0.0941. The third-order valence-electron chi connectivity index (χ3n) is 2.24. The highest BCUT2D eigenvalue weighted by atomic mass is 16.5. The fourth-order valence-corrected chi connectivity index (χ4v) is 1.51. The van der Waals surface area contributed by atoms with Gasteiger partial charge in [0, 0.05) is 24.6 Å². The molecule has 0 saturated heterocycles. The van der Waals surface area contributed by atoms with E-state index >= 15 is 0 Å². The Morgan fingerprint density at radius 1 is 1.36 bits per heavy atom. The molecule has 0 unspecified atom stereocenters. The van der Waals surface area contributed by atoms with Crippen LogP contribution in [0.25, 0.3) is 10.9 Å². The molecule has 0 aliphatic rings. The van der Waals surface area contributed by atoms with Gasteiger partial charge in [-0.1, -0.05) is 0 Å². The third kappa shape index (κ3) is 1.27. The molecule has 2 aromatic rings. The van der Waals surface area contributed by atoms with Crippen LogP contribution in [0.1, 0.15) is 11.7 Å². The summed E-state index contributed by atoms with van der Waals surface area (Å²) in [5.74, 6) is 0.770. The second-order valence-electron chi connectivity index (χ2n) is 3.13. The van der Waals surface area contributed by atoms with E-state index in [2.05, 4.69) is 0 Å². The molecule has 3 heteroatoms. The van der Waals surface area contributed by atoms with Gasteiger partial charge in [-0.3, -0.25) is 9.36 Å². The number of rotatable bonds is 1. The highest BCUT2D eigenvalue weighted by Crippen LogP contribution is 2.21. The molecule has 1 aromatic heterocycles. The lowest BCUT2D eigenvalue weighted by Gasteiger charge is -2.02. The number of fused-ring (bicyclic) bond motifs is 1. The van der Waals surface area contributed by atoms with Gasteiger partial charge in [0.25, 0.3) is 0 Å². The lowest BCUT2D eigenvalue weighted by atomic mass is 10.2. The van der Waals surface area contributed by atoms with E-state index in [1.54, 1.807) is 24.8 Å². The van der Waals surface area contributed by atoms with E-state index in [9.17, 15) is 4.79 Å². The Morgan fingerprint density at radius 2 is 2.14 bits per heavy atom. The number of carbonyl (C=O) groups is 1. The van der Waals surface area contributed by atoms with Crippen molar-refractivity contribution in [1.82, 2.24) is 4.57 Å². The molecular formula is C11H11NO2. The number of hydrogen-bond acceptors (Lipinski definition) is 2. The maximum absolute atomic E-state index is 11.2. The molecule has 14 heavy (non-hydrogen) atoms. The van der Waals surface area contributed by atoms with E-state index < -0.39 is 0 Å². The Bertz CT molecular complexity index is 485. The van der Waals surface area contributed by atoms with Gasteiger partial charge < -0.3 is 4.74 Å². The molecule has 72 valence electrons. The molecule has 0 radical (unpaired) electrons. The van der Waals surface area contributed by atoms with Crippen LogP contribution >= 0.6 is 0 Å². The van der Waals surface area contributed by atoms with Crippen LogP contribution in [0.3, 0.4) is 0 Å². The van der Waals surface area contributed by atoms with Gasteiger partial charge in [0.2, 0.25) is 5.91 Å². The summed E-state index contributed by atoms with van der Waals surface area (Å²) in [5.41, 5.74) is 0.886. The van der Waals surface area contributed by atoms with E-state index in [1.165, 1.54) is 0 Å². The summed E-state index contributed by atoms with van der Waals surface area (Å²) in [6.45, 7) is 1.54. The van der Waals surface area contributed by atoms with Gasteiger partial charge in [0.1, 0.15) is 5.75 Å². The first-order valence-electron chi connectivity index (χ1n) is 4.38. The first-order valence-corrected chi connectivity index (χ1v) is 4.38. The number of aromatic nitrogens is 1. The van der Waals surface area contributed by atoms with Gasteiger partial charge in [0.05, 0.1) is 12.6 Å². The average Bonchev–Trinajstić information content (AvgIpc) is 2.59. The summed E-state index contributed by atoms with van der Waals surface area (Å²) in [6, 6.07) is 7.59. The number of hydrogen-bond donors (Lipinski definition) is 0. The Labute approximate surface area is 81.9 Å². The first-order chi connectivity index (χ1) is 6.72. The molecule has 0 amide bonds. The molecule has 0 fully saturated rings. The van der Waals surface area contributed by atoms with Crippen molar-refractivity contribution in [2.45, 2.75) is 6.92 Å². The van der Waals surface area contributed by atoms with Crippen LogP contribution in [0.4, 0.5) is 0 Å². The smallest absolute Gasteiger partial charge is 0.227 e. The molecule has 0 aliphatic heterocycles. The number of benzene rings is 1. The van der Waals surface area contributed by atoms with Crippen molar-refractivity contribution >= 4 is 16.8 Å². The topological polar surface area (TPSA) is 31.2 Å². The zero-order valence-electron chi connectivity index (χ0n) is 8.15. The molecule has 0 bridgehead atoms. The van der Waals surface area contributed by atoms with Crippen LogP contribution in [0.15, 0.2) is 30.5 Å². The van der Waals surface area contributed by atoms with Crippen LogP contribution in [-0.4, -0.2) is 17.6 Å². The second-order valence-corrected chi connectivity index (χ2v) is 3.13. The monoisotopic (exact) mass is 189 g/mol. The maximum atomic E-state index is 11.2. The minimum Gasteiger partial charge on any atom is -0.497 e. The van der Waals surface area contributed by atoms with Gasteiger partial charge in [0.15, 0.2) is 0 Å². The van der Waals surface area contributed by atoms with Crippen LogP contribution in [0.2, 0.25) is 0 Å². The Kier molecular flexibility index (Phi) is 2.00. The minimum absolute atomic E-state index is 0.00764. The van der Waals surface area contributed by atoms with Gasteiger partial charge in [-0.05, 0) is 18.2 Å². The van der Waals surface area contributed by atoms with Gasteiger partial charge in [-0.2, -0.15) is 0 Å². The Balaban J connectivity index is 2.69. The first kappa shape index (κ1) is 8.81. The molecule has 1 aromatic carbocycles. The number of nitrogens with zero attached hydrogens (tertiary/aromatic N) is 1. The summed E-state index contributed by atoms with van der Waals surface area (Å²) >= 11 is 0. The standard InChI is InChI=1S/C11H11NO2/c1-8(13)12-6-5-9-3-4-10(14-2)7-11(9)12/h3-7H,1-2H3. The van der Waals surface area contributed by atoms with E-state index in [4.69, 9.17) is 4.74 Å². The van der Waals surface area contributed by atoms with Crippen molar-refractivity contribution < 1.29 is 9.53 Å². The normalized spacial score (nSPS) is 10.4. The molecule has 0 spiro atoms. The van der Waals surface area contributed by atoms with Gasteiger partial charge >= 0.3 is 0 Å². The summed E-state index contributed by atoms with van der Waals surface area (Å²) in [4.78, 5) is 11.2. The zero-order valence-corrected chi connectivity index (χ0v) is 8.15. The van der Waals surface area contributed by atoms with E-state index in [1.807, 2.05) is 24.3 Å². The number of ether oxygens (including phenoxy) is 1. The highest BCUT2D eigenvalue weighted by Gasteiger charge is 2.04. The Hall–Kier alpha value is -1.77. The van der Waals surface area contributed by atoms with Crippen molar-refractivity contribution in [2.75, 3.05) is 7.11 Å². The van der Waals surface area contributed by atoms with Crippen molar-refractivity contribution in [2.24, 2.45) is 0 Å². The number of carbonyl (C=O) groups excluding carboxylic acids is 1. The fourth-order valence-electron chi connectivity index (χ4n) is 1.51. The maximum Gasteiger partial charge on any atom is 0.227 e. The fraction of sp³-hybridized carbons (Fsp3) is 0.182. The molecule has 3 nitrogen and oxygen atoms in total. The predicted octanol–water partition coefficient (Wildman–Crippen LogP) is 2.31. The highest BCUT2D eigenvalue weighted by molar-refractivity contribution is 5.92. The van der Waals surface area contributed by atoms with Crippen molar-refractivity contribution in [3.8, 4) is 5.75 Å². The second kappa shape index (κ2) is 3.18. The molecule has 2 rings (SSSR count). The van der Waals surface area contributed by atoms with Crippen LogP contribution in [0, 0.1) is 0 Å². The van der Waals surface area contributed by atoms with Crippen molar-refractivity contribution in [3.63, 3.8) is 0 Å². The predicted molar refractivity (Wildman–Crippen MR) is 54.8 cm³/mol. The molecular weight excluding hydrogens is 178 g/mol. The summed E-state index contributed by atoms with van der Waals surface area (Å²) in [5, 5.41) is 1.04. The number of methoxy groups -OCH3 is 1. The molecule has 0 aliphatic carbocycles. The zero-order chi connectivity index (χ0) is 10.1. The quantitative estimate of drug-likeness (QED) is 0.689. The molecule has 1 heterocycles. The SMILES string of the molecule is COc1ccc2ccn(C(C)=O)c2c1. The van der Waals surface area contributed by atoms with Crippen LogP contribution in [-0.2, 0) is 0 Å². The average molecular weight is 189 g/mol. The lowest BCUT2D eigenvalue weighted by Crippen LogP contribution is -2.02. The van der Waals surface area contributed by atoms with E-state index in [0.29, 0.717) is 0 Å². The summed E-state index contributed by atoms with van der Waals surface area (Å²) < 4.78 is 6.71. The van der Waals surface area contributed by atoms with Crippen molar-refractivity contribution in [3.05, 3.63) is 30.5 Å². The van der Waals surface area contributed by atoms with E-state index in [-0.39, 0.29) is 5.91 Å². The third-order valence-corrected chi connectivity index (χ3v) is 2.24. The summed E-state index contributed by atoms with van der Waals surface area (Å²) in [6.07, 6.45) is 1.77. The van der Waals surface area contributed by atoms with Gasteiger partial charge in [-0.25, -0.2) is 0 Å². The molecule has 0 N–H and O–H groups in total. The van der Waals surface area contributed by atoms with E-state index in [0.717, 1.165) is 16.7 Å². The van der Waals surface area contributed by atoms with Crippen LogP contribution in [0.5, 0.6) is 5.75 Å². The Morgan fingerprint density at radius 3 is 2.79 bits per heavy atom. The largest absolute Gasteiger partial charge is 0.497 e. The minimum atomic E-state index is 0.00764. The van der Waals surface area contributed by atoms with Crippen molar-refractivity contribution in [1.29, 1.82) is 0 Å². The summed E-state index contributed by atoms with van der Waals surface area (Å²) in [7, 11) is 1.61. The molecule has 0 atom stereocenters. The van der Waals surface area contributed by atoms with Crippen LogP contribution < -0.4 is 4.74 Å².